The maximum atomic E-state index is 12.1. The van der Waals surface area contributed by atoms with Gasteiger partial charge in [-0.1, -0.05) is 0 Å². The van der Waals surface area contributed by atoms with Gasteiger partial charge in [0.2, 0.25) is 0 Å². The molecule has 0 aliphatic carbocycles. The predicted octanol–water partition coefficient (Wildman–Crippen LogP) is -0.0433. The lowest BCUT2D eigenvalue weighted by Gasteiger charge is -2.23. The maximum absolute atomic E-state index is 12.1. The van der Waals surface area contributed by atoms with Crippen LogP contribution in [-0.4, -0.2) is 46.5 Å². The van der Waals surface area contributed by atoms with Crippen molar-refractivity contribution >= 4 is 27.8 Å². The van der Waals surface area contributed by atoms with Crippen LogP contribution in [0.25, 0.3) is 0 Å². The summed E-state index contributed by atoms with van der Waals surface area (Å²) >= 11 is 1.42. The lowest BCUT2D eigenvalue weighted by atomic mass is 10.0. The van der Waals surface area contributed by atoms with Gasteiger partial charge in [-0.25, -0.2) is 13.4 Å². The molecule has 1 unspecified atom stereocenters. The van der Waals surface area contributed by atoms with Gasteiger partial charge in [0.1, 0.15) is 11.4 Å². The molecule has 3 N–H and O–H groups in total. The summed E-state index contributed by atoms with van der Waals surface area (Å²) in [4.78, 5) is 17.7. The third-order valence-electron chi connectivity index (χ3n) is 2.73. The standard InChI is InChI=1S/C9H13N3O4S2/c1-6-10-4-7(11-6)18(15,16)12-9(8(13)14)2-3-17-5-9/h4,12H,2-3,5H2,1H3,(H,10,11)(H,13,14). The van der Waals surface area contributed by atoms with Crippen molar-refractivity contribution in [2.45, 2.75) is 23.9 Å². The minimum absolute atomic E-state index is 0.113. The molecule has 0 bridgehead atoms. The second-order valence-electron chi connectivity index (χ2n) is 4.13. The number of aliphatic carboxylic acids is 1. The third kappa shape index (κ3) is 2.38. The fourth-order valence-electron chi connectivity index (χ4n) is 1.70. The Kier molecular flexibility index (Phi) is 3.39. The highest BCUT2D eigenvalue weighted by Crippen LogP contribution is 2.29. The van der Waals surface area contributed by atoms with Gasteiger partial charge in [0.25, 0.3) is 10.0 Å². The molecule has 1 aliphatic rings. The molecule has 100 valence electrons. The van der Waals surface area contributed by atoms with Gasteiger partial charge in [-0.05, 0) is 19.1 Å². The maximum Gasteiger partial charge on any atom is 0.325 e. The molecule has 1 aromatic heterocycles. The van der Waals surface area contributed by atoms with E-state index < -0.39 is 21.5 Å². The third-order valence-corrected chi connectivity index (χ3v) is 5.37. The second-order valence-corrected chi connectivity index (χ2v) is 6.88. The fourth-order valence-corrected chi connectivity index (χ4v) is 4.48. The Bertz CT molecular complexity index is 560. The molecule has 1 fully saturated rings. The molecule has 18 heavy (non-hydrogen) atoms. The first-order valence-electron chi connectivity index (χ1n) is 5.22. The quantitative estimate of drug-likeness (QED) is 0.717. The van der Waals surface area contributed by atoms with Gasteiger partial charge >= 0.3 is 5.97 Å². The number of H-pyrrole nitrogens is 1. The number of sulfonamides is 1. The summed E-state index contributed by atoms with van der Waals surface area (Å²) < 4.78 is 26.4. The summed E-state index contributed by atoms with van der Waals surface area (Å²) in [5, 5.41) is 9.10. The number of hydrogen-bond acceptors (Lipinski definition) is 5. The average molecular weight is 291 g/mol. The number of aromatic amines is 1. The topological polar surface area (TPSA) is 112 Å². The van der Waals surface area contributed by atoms with Crippen LogP contribution in [-0.2, 0) is 14.8 Å². The monoisotopic (exact) mass is 291 g/mol. The van der Waals surface area contributed by atoms with Crippen molar-refractivity contribution in [1.82, 2.24) is 14.7 Å². The molecule has 7 nitrogen and oxygen atoms in total. The van der Waals surface area contributed by atoms with Gasteiger partial charge in [0.05, 0.1) is 6.20 Å². The van der Waals surface area contributed by atoms with Crippen molar-refractivity contribution in [3.8, 4) is 0 Å². The first-order chi connectivity index (χ1) is 8.36. The van der Waals surface area contributed by atoms with Crippen LogP contribution in [0.2, 0.25) is 0 Å². The SMILES string of the molecule is Cc1ncc(S(=O)(=O)NC2(C(=O)O)CCSC2)[nH]1. The van der Waals surface area contributed by atoms with Gasteiger partial charge in [-0.15, -0.1) is 0 Å². The van der Waals surface area contributed by atoms with E-state index in [1.54, 1.807) is 6.92 Å². The number of nitrogens with zero attached hydrogens (tertiary/aromatic N) is 1. The predicted molar refractivity (Wildman–Crippen MR) is 66.0 cm³/mol. The zero-order chi connectivity index (χ0) is 13.4. The van der Waals surface area contributed by atoms with Crippen LogP contribution in [0.4, 0.5) is 0 Å². The highest BCUT2D eigenvalue weighted by Gasteiger charge is 2.45. The van der Waals surface area contributed by atoms with Crippen LogP contribution in [0.5, 0.6) is 0 Å². The molecule has 1 aliphatic heterocycles. The highest BCUT2D eigenvalue weighted by atomic mass is 32.2. The molecule has 1 saturated heterocycles. The van der Waals surface area contributed by atoms with E-state index >= 15 is 0 Å². The van der Waals surface area contributed by atoms with Crippen molar-refractivity contribution in [2.75, 3.05) is 11.5 Å². The summed E-state index contributed by atoms with van der Waals surface area (Å²) in [6.45, 7) is 1.62. The molecule has 0 amide bonds. The molecule has 1 atom stereocenters. The largest absolute Gasteiger partial charge is 0.480 e. The van der Waals surface area contributed by atoms with Gasteiger partial charge in [0.15, 0.2) is 5.03 Å². The first kappa shape index (κ1) is 13.4. The average Bonchev–Trinajstić information content (AvgIpc) is 2.87. The summed E-state index contributed by atoms with van der Waals surface area (Å²) in [5.41, 5.74) is -1.41. The number of carboxylic acid groups (broad SMARTS) is 1. The molecular weight excluding hydrogens is 278 g/mol. The molecule has 1 aromatic rings. The first-order valence-corrected chi connectivity index (χ1v) is 7.86. The normalized spacial score (nSPS) is 24.3. The molecule has 9 heteroatoms. The second kappa shape index (κ2) is 4.56. The zero-order valence-corrected chi connectivity index (χ0v) is 11.3. The van der Waals surface area contributed by atoms with Crippen molar-refractivity contribution in [3.63, 3.8) is 0 Å². The molecule has 0 radical (unpaired) electrons. The van der Waals surface area contributed by atoms with Crippen LogP contribution in [0, 0.1) is 6.92 Å². The van der Waals surface area contributed by atoms with Crippen LogP contribution < -0.4 is 4.72 Å². The number of carbonyl (C=O) groups is 1. The zero-order valence-electron chi connectivity index (χ0n) is 9.63. The minimum atomic E-state index is -3.89. The van der Waals surface area contributed by atoms with Gasteiger partial charge < -0.3 is 10.1 Å². The van der Waals surface area contributed by atoms with E-state index in [1.807, 2.05) is 0 Å². The van der Waals surface area contributed by atoms with E-state index in [9.17, 15) is 18.3 Å². The van der Waals surface area contributed by atoms with Crippen molar-refractivity contribution in [3.05, 3.63) is 12.0 Å². The Morgan fingerprint density at radius 1 is 1.67 bits per heavy atom. The van der Waals surface area contributed by atoms with Crippen LogP contribution in [0.3, 0.4) is 0 Å². The number of aryl methyl sites for hydroxylation is 1. The Hall–Kier alpha value is -1.06. The Morgan fingerprint density at radius 3 is 2.83 bits per heavy atom. The number of thioether (sulfide) groups is 1. The number of aromatic nitrogens is 2. The lowest BCUT2D eigenvalue weighted by Crippen LogP contribution is -2.54. The van der Waals surface area contributed by atoms with Gasteiger partial charge in [-0.2, -0.15) is 16.5 Å². The molecule has 2 rings (SSSR count). The molecular formula is C9H13N3O4S2. The lowest BCUT2D eigenvalue weighted by molar-refractivity contribution is -0.142. The summed E-state index contributed by atoms with van der Waals surface area (Å²) in [6.07, 6.45) is 1.45. The van der Waals surface area contributed by atoms with Crippen LogP contribution in [0.15, 0.2) is 11.2 Å². The summed E-state index contributed by atoms with van der Waals surface area (Å²) in [5.74, 6) is 0.166. The Morgan fingerprint density at radius 2 is 2.39 bits per heavy atom. The van der Waals surface area contributed by atoms with E-state index in [-0.39, 0.29) is 17.2 Å². The van der Waals surface area contributed by atoms with Crippen molar-refractivity contribution < 1.29 is 18.3 Å². The fraction of sp³-hybridized carbons (Fsp3) is 0.556. The van der Waals surface area contributed by atoms with E-state index in [1.165, 1.54) is 18.0 Å². The number of rotatable bonds is 4. The Balaban J connectivity index is 2.29. The van der Waals surface area contributed by atoms with E-state index in [2.05, 4.69) is 14.7 Å². The van der Waals surface area contributed by atoms with E-state index in [4.69, 9.17) is 0 Å². The summed E-state index contributed by atoms with van der Waals surface area (Å²) in [7, 11) is -3.89. The van der Waals surface area contributed by atoms with Gasteiger partial charge in [0, 0.05) is 5.75 Å². The number of hydrogen-bond donors (Lipinski definition) is 3. The number of nitrogens with one attached hydrogen (secondary N) is 2. The minimum Gasteiger partial charge on any atom is -0.480 e. The Labute approximate surface area is 108 Å². The van der Waals surface area contributed by atoms with Crippen LogP contribution in [0.1, 0.15) is 12.2 Å². The van der Waals surface area contributed by atoms with Crippen molar-refractivity contribution in [1.29, 1.82) is 0 Å². The summed E-state index contributed by atoms with van der Waals surface area (Å²) in [6, 6.07) is 0. The van der Waals surface area contributed by atoms with Crippen molar-refractivity contribution in [2.24, 2.45) is 0 Å². The highest BCUT2D eigenvalue weighted by molar-refractivity contribution is 7.99. The number of carboxylic acids is 1. The molecule has 0 spiro atoms. The van der Waals surface area contributed by atoms with E-state index in [0.717, 1.165) is 0 Å². The molecule has 2 heterocycles. The van der Waals surface area contributed by atoms with Gasteiger partial charge in [-0.3, -0.25) is 4.79 Å². The molecule has 0 saturated carbocycles. The van der Waals surface area contributed by atoms with Crippen LogP contribution >= 0.6 is 11.8 Å². The number of imidazole rings is 1. The van der Waals surface area contributed by atoms with E-state index in [0.29, 0.717) is 11.6 Å². The smallest absolute Gasteiger partial charge is 0.325 e. The molecule has 0 aromatic carbocycles.